The Morgan fingerprint density at radius 3 is 2.47 bits per heavy atom. The number of nitrogens with one attached hydrogen (secondary N) is 1. The quantitative estimate of drug-likeness (QED) is 0.789. The molecule has 17 heavy (non-hydrogen) atoms. The number of halogens is 1. The van der Waals surface area contributed by atoms with Crippen molar-refractivity contribution in [2.45, 2.75) is 25.8 Å². The third-order valence-corrected chi connectivity index (χ3v) is 3.20. The van der Waals surface area contributed by atoms with Gasteiger partial charge in [0.05, 0.1) is 0 Å². The Labute approximate surface area is 103 Å². The lowest BCUT2D eigenvalue weighted by Crippen LogP contribution is -2.34. The Bertz CT molecular complexity index is 313. The molecule has 1 aromatic carbocycles. The molecule has 0 heterocycles. The second kappa shape index (κ2) is 7.41. The molecule has 0 amide bonds. The summed E-state index contributed by atoms with van der Waals surface area (Å²) in [5.41, 5.74) is 1.16. The Balaban J connectivity index is 2.53. The molecule has 0 aliphatic carbocycles. The third-order valence-electron chi connectivity index (χ3n) is 3.20. The Morgan fingerprint density at radius 2 is 1.94 bits per heavy atom. The zero-order chi connectivity index (χ0) is 12.7. The normalized spacial score (nSPS) is 14.6. The maximum Gasteiger partial charge on any atom is 0.123 e. The lowest BCUT2D eigenvalue weighted by Gasteiger charge is -2.23. The van der Waals surface area contributed by atoms with Crippen molar-refractivity contribution in [1.29, 1.82) is 0 Å². The summed E-state index contributed by atoms with van der Waals surface area (Å²) in [6, 6.07) is 7.13. The predicted octanol–water partition coefficient (Wildman–Crippen LogP) is 2.63. The second-order valence-corrected chi connectivity index (χ2v) is 4.48. The van der Waals surface area contributed by atoms with E-state index in [0.29, 0.717) is 12.0 Å². The van der Waals surface area contributed by atoms with Crippen LogP contribution >= 0.6 is 0 Å². The van der Waals surface area contributed by atoms with Crippen LogP contribution in [0.1, 0.15) is 18.9 Å². The molecule has 1 aromatic rings. The van der Waals surface area contributed by atoms with E-state index in [-0.39, 0.29) is 5.82 Å². The van der Waals surface area contributed by atoms with E-state index in [9.17, 15) is 4.39 Å². The molecule has 2 atom stereocenters. The first kappa shape index (κ1) is 14.1. The van der Waals surface area contributed by atoms with E-state index in [1.165, 1.54) is 12.1 Å². The fourth-order valence-electron chi connectivity index (χ4n) is 1.97. The zero-order valence-electron chi connectivity index (χ0n) is 10.9. The van der Waals surface area contributed by atoms with Crippen molar-refractivity contribution in [1.82, 2.24) is 5.32 Å². The molecule has 96 valence electrons. The number of benzene rings is 1. The summed E-state index contributed by atoms with van der Waals surface area (Å²) in [5.74, 6) is 0.354. The monoisotopic (exact) mass is 239 g/mol. The topological polar surface area (TPSA) is 21.3 Å². The van der Waals surface area contributed by atoms with Crippen molar-refractivity contribution in [3.05, 3.63) is 35.6 Å². The van der Waals surface area contributed by atoms with Crippen LogP contribution in [-0.4, -0.2) is 26.8 Å². The van der Waals surface area contributed by atoms with Gasteiger partial charge in [0.2, 0.25) is 0 Å². The van der Waals surface area contributed by atoms with Gasteiger partial charge in [-0.25, -0.2) is 4.39 Å². The Hall–Kier alpha value is -0.930. The van der Waals surface area contributed by atoms with E-state index in [1.807, 2.05) is 19.2 Å². The van der Waals surface area contributed by atoms with Crippen LogP contribution < -0.4 is 5.32 Å². The highest BCUT2D eigenvalue weighted by Crippen LogP contribution is 2.14. The zero-order valence-corrected chi connectivity index (χ0v) is 10.9. The van der Waals surface area contributed by atoms with Crippen LogP contribution in [0, 0.1) is 11.7 Å². The molecule has 0 saturated heterocycles. The van der Waals surface area contributed by atoms with Crippen molar-refractivity contribution in [2.24, 2.45) is 5.92 Å². The number of rotatable bonds is 7. The summed E-state index contributed by atoms with van der Waals surface area (Å²) in [4.78, 5) is 0. The van der Waals surface area contributed by atoms with Gasteiger partial charge in [-0.05, 0) is 43.5 Å². The molecule has 1 rings (SSSR count). The fourth-order valence-corrected chi connectivity index (χ4v) is 1.97. The van der Waals surface area contributed by atoms with Gasteiger partial charge in [-0.3, -0.25) is 0 Å². The first-order valence-corrected chi connectivity index (χ1v) is 6.08. The molecule has 2 unspecified atom stereocenters. The van der Waals surface area contributed by atoms with Gasteiger partial charge in [0.25, 0.3) is 0 Å². The molecule has 0 aliphatic heterocycles. The molecule has 0 radical (unpaired) electrons. The standard InChI is InChI=1S/C14H22FNO/c1-11(8-9-17-3)14(16-2)10-12-4-6-13(15)7-5-12/h4-7,11,14,16H,8-10H2,1-3H3. The molecule has 0 aromatic heterocycles. The molecule has 0 bridgehead atoms. The van der Waals surface area contributed by atoms with E-state index in [0.717, 1.165) is 25.0 Å². The highest BCUT2D eigenvalue weighted by molar-refractivity contribution is 5.17. The van der Waals surface area contributed by atoms with Gasteiger partial charge < -0.3 is 10.1 Å². The second-order valence-electron chi connectivity index (χ2n) is 4.48. The number of hydrogen-bond acceptors (Lipinski definition) is 2. The minimum atomic E-state index is -0.179. The summed E-state index contributed by atoms with van der Waals surface area (Å²) in [6.45, 7) is 2.99. The van der Waals surface area contributed by atoms with Crippen LogP contribution in [0.4, 0.5) is 4.39 Å². The third kappa shape index (κ3) is 4.84. The highest BCUT2D eigenvalue weighted by Gasteiger charge is 2.15. The summed E-state index contributed by atoms with van der Waals surface area (Å²) in [6.07, 6.45) is 1.95. The maximum atomic E-state index is 12.8. The lowest BCUT2D eigenvalue weighted by atomic mass is 9.93. The molecular weight excluding hydrogens is 217 g/mol. The molecule has 0 saturated carbocycles. The summed E-state index contributed by atoms with van der Waals surface area (Å²) < 4.78 is 17.9. The first-order chi connectivity index (χ1) is 8.17. The van der Waals surface area contributed by atoms with Gasteiger partial charge in [-0.15, -0.1) is 0 Å². The van der Waals surface area contributed by atoms with Crippen LogP contribution in [0.15, 0.2) is 24.3 Å². The van der Waals surface area contributed by atoms with E-state index in [2.05, 4.69) is 12.2 Å². The fraction of sp³-hybridized carbons (Fsp3) is 0.571. The van der Waals surface area contributed by atoms with Gasteiger partial charge in [0.1, 0.15) is 5.82 Å². The highest BCUT2D eigenvalue weighted by atomic mass is 19.1. The van der Waals surface area contributed by atoms with Crippen molar-refractivity contribution in [2.75, 3.05) is 20.8 Å². The average molecular weight is 239 g/mol. The summed E-state index contributed by atoms with van der Waals surface area (Å²) in [7, 11) is 3.69. The van der Waals surface area contributed by atoms with Crippen LogP contribution in [0.3, 0.4) is 0 Å². The van der Waals surface area contributed by atoms with E-state index < -0.39 is 0 Å². The number of ether oxygens (including phenoxy) is 1. The Kier molecular flexibility index (Phi) is 6.16. The van der Waals surface area contributed by atoms with Gasteiger partial charge in [0.15, 0.2) is 0 Å². The van der Waals surface area contributed by atoms with Crippen molar-refractivity contribution in [3.63, 3.8) is 0 Å². The predicted molar refractivity (Wildman–Crippen MR) is 68.6 cm³/mol. The van der Waals surface area contributed by atoms with E-state index >= 15 is 0 Å². The summed E-state index contributed by atoms with van der Waals surface area (Å²) in [5, 5.41) is 3.32. The van der Waals surface area contributed by atoms with Crippen molar-refractivity contribution in [3.8, 4) is 0 Å². The molecular formula is C14H22FNO. The number of hydrogen-bond donors (Lipinski definition) is 1. The van der Waals surface area contributed by atoms with Crippen LogP contribution in [0.2, 0.25) is 0 Å². The van der Waals surface area contributed by atoms with Crippen LogP contribution in [0.25, 0.3) is 0 Å². The SMILES string of the molecule is CNC(Cc1ccc(F)cc1)C(C)CCOC. The van der Waals surface area contributed by atoms with Gasteiger partial charge in [0, 0.05) is 19.8 Å². The van der Waals surface area contributed by atoms with Crippen LogP contribution in [-0.2, 0) is 11.2 Å². The molecule has 3 heteroatoms. The van der Waals surface area contributed by atoms with Gasteiger partial charge in [-0.2, -0.15) is 0 Å². The molecule has 2 nitrogen and oxygen atoms in total. The largest absolute Gasteiger partial charge is 0.385 e. The van der Waals surface area contributed by atoms with E-state index in [4.69, 9.17) is 4.74 Å². The number of likely N-dealkylation sites (N-methyl/N-ethyl adjacent to an activating group) is 1. The minimum absolute atomic E-state index is 0.179. The Morgan fingerprint density at radius 1 is 1.29 bits per heavy atom. The first-order valence-electron chi connectivity index (χ1n) is 6.08. The minimum Gasteiger partial charge on any atom is -0.385 e. The summed E-state index contributed by atoms with van der Waals surface area (Å²) >= 11 is 0. The maximum absolute atomic E-state index is 12.8. The van der Waals surface area contributed by atoms with E-state index in [1.54, 1.807) is 7.11 Å². The number of methoxy groups -OCH3 is 1. The van der Waals surface area contributed by atoms with Gasteiger partial charge >= 0.3 is 0 Å². The average Bonchev–Trinajstić information content (AvgIpc) is 2.35. The van der Waals surface area contributed by atoms with Crippen molar-refractivity contribution < 1.29 is 9.13 Å². The molecule has 0 fully saturated rings. The molecule has 1 N–H and O–H groups in total. The van der Waals surface area contributed by atoms with Crippen molar-refractivity contribution >= 4 is 0 Å². The lowest BCUT2D eigenvalue weighted by molar-refractivity contribution is 0.171. The van der Waals surface area contributed by atoms with Gasteiger partial charge in [-0.1, -0.05) is 19.1 Å². The smallest absolute Gasteiger partial charge is 0.123 e. The van der Waals surface area contributed by atoms with Crippen LogP contribution in [0.5, 0.6) is 0 Å². The molecule has 0 spiro atoms. The molecule has 0 aliphatic rings.